The summed E-state index contributed by atoms with van der Waals surface area (Å²) in [6.45, 7) is 0. The first-order valence-corrected chi connectivity index (χ1v) is 8.14. The van der Waals surface area contributed by atoms with Gasteiger partial charge < -0.3 is 23.7 Å². The molecule has 7 nitrogen and oxygen atoms in total. The van der Waals surface area contributed by atoms with Crippen LogP contribution in [0.5, 0.6) is 28.7 Å². The van der Waals surface area contributed by atoms with E-state index in [4.69, 9.17) is 28.9 Å². The number of hydrogen-bond acceptors (Lipinski definition) is 7. The van der Waals surface area contributed by atoms with Crippen molar-refractivity contribution in [3.8, 4) is 34.8 Å². The van der Waals surface area contributed by atoms with E-state index in [1.807, 2.05) is 6.07 Å². The van der Waals surface area contributed by atoms with Crippen molar-refractivity contribution in [1.82, 2.24) is 0 Å². The molecule has 0 atom stereocenters. The predicted molar refractivity (Wildman–Crippen MR) is 97.8 cm³/mol. The van der Waals surface area contributed by atoms with Gasteiger partial charge in [0.2, 0.25) is 5.75 Å². The second-order valence-electron chi connectivity index (χ2n) is 5.49. The first-order valence-electron chi connectivity index (χ1n) is 8.14. The van der Waals surface area contributed by atoms with Crippen LogP contribution < -0.4 is 23.7 Å². The maximum Gasteiger partial charge on any atom is 0.311 e. The fraction of sp³-hybridized carbons (Fsp3) is 0.300. The number of hydrogen-bond donors (Lipinski definition) is 0. The fourth-order valence-corrected chi connectivity index (χ4v) is 2.52. The van der Waals surface area contributed by atoms with Gasteiger partial charge in [0.25, 0.3) is 0 Å². The number of carbonyl (C=O) groups is 1. The van der Waals surface area contributed by atoms with E-state index in [1.165, 1.54) is 40.6 Å². The van der Waals surface area contributed by atoms with Crippen LogP contribution in [-0.4, -0.2) is 34.4 Å². The number of esters is 1. The lowest BCUT2D eigenvalue weighted by atomic mass is 10.1. The zero-order valence-corrected chi connectivity index (χ0v) is 15.7. The van der Waals surface area contributed by atoms with Gasteiger partial charge in [-0.15, -0.1) is 0 Å². The van der Waals surface area contributed by atoms with Gasteiger partial charge in [-0.2, -0.15) is 5.26 Å². The normalized spacial score (nSPS) is 9.89. The zero-order valence-electron chi connectivity index (χ0n) is 15.7. The molecule has 0 unspecified atom stereocenters. The highest BCUT2D eigenvalue weighted by Crippen LogP contribution is 2.38. The molecule has 0 bridgehead atoms. The van der Waals surface area contributed by atoms with E-state index in [9.17, 15) is 4.79 Å². The monoisotopic (exact) mass is 371 g/mol. The van der Waals surface area contributed by atoms with Crippen molar-refractivity contribution >= 4 is 5.97 Å². The molecule has 0 radical (unpaired) electrons. The van der Waals surface area contributed by atoms with E-state index in [2.05, 4.69) is 0 Å². The Labute approximate surface area is 158 Å². The van der Waals surface area contributed by atoms with E-state index in [0.29, 0.717) is 35.0 Å². The number of nitrogens with zero attached hydrogens (tertiary/aromatic N) is 1. The number of carbonyl (C=O) groups excluding carboxylic acids is 1. The quantitative estimate of drug-likeness (QED) is 0.520. The molecule has 0 aromatic heterocycles. The van der Waals surface area contributed by atoms with Gasteiger partial charge in [0.1, 0.15) is 0 Å². The average Bonchev–Trinajstić information content (AvgIpc) is 2.71. The topological polar surface area (TPSA) is 87.0 Å². The lowest BCUT2D eigenvalue weighted by Gasteiger charge is -2.14. The number of rotatable bonds is 8. The third-order valence-corrected chi connectivity index (χ3v) is 3.86. The summed E-state index contributed by atoms with van der Waals surface area (Å²) in [6, 6.07) is 10.2. The van der Waals surface area contributed by atoms with Crippen LogP contribution >= 0.6 is 0 Å². The Kier molecular flexibility index (Phi) is 6.89. The molecule has 2 aromatic rings. The summed E-state index contributed by atoms with van der Waals surface area (Å²) in [6.07, 6.45) is 0.565. The molecule has 0 fully saturated rings. The minimum absolute atomic E-state index is 0.141. The van der Waals surface area contributed by atoms with Crippen LogP contribution in [0.15, 0.2) is 30.3 Å². The lowest BCUT2D eigenvalue weighted by molar-refractivity contribution is -0.134. The molecule has 0 aliphatic carbocycles. The first kappa shape index (κ1) is 19.9. The number of benzene rings is 2. The van der Waals surface area contributed by atoms with Gasteiger partial charge in [-0.25, -0.2) is 0 Å². The Balaban J connectivity index is 2.09. The van der Waals surface area contributed by atoms with Crippen molar-refractivity contribution in [2.24, 2.45) is 0 Å². The summed E-state index contributed by atoms with van der Waals surface area (Å²) in [4.78, 5) is 12.2. The molecule has 0 aliphatic heterocycles. The minimum Gasteiger partial charge on any atom is -0.493 e. The molecule has 0 spiro atoms. The van der Waals surface area contributed by atoms with Crippen molar-refractivity contribution < 1.29 is 28.5 Å². The molecule has 0 saturated carbocycles. The summed E-state index contributed by atoms with van der Waals surface area (Å²) >= 11 is 0. The highest BCUT2D eigenvalue weighted by atomic mass is 16.6. The molecule has 0 amide bonds. The van der Waals surface area contributed by atoms with Crippen LogP contribution in [0.2, 0.25) is 0 Å². The average molecular weight is 371 g/mol. The molecule has 2 aromatic carbocycles. The number of nitriles is 1. The summed E-state index contributed by atoms with van der Waals surface area (Å²) in [5.74, 6) is 1.71. The molecule has 2 rings (SSSR count). The fourth-order valence-electron chi connectivity index (χ4n) is 2.52. The van der Waals surface area contributed by atoms with Gasteiger partial charge in [0, 0.05) is 12.5 Å². The van der Waals surface area contributed by atoms with Crippen LogP contribution in [0.3, 0.4) is 0 Å². The summed E-state index contributed by atoms with van der Waals surface area (Å²) in [7, 11) is 6.05. The highest BCUT2D eigenvalue weighted by molar-refractivity contribution is 5.74. The van der Waals surface area contributed by atoms with Crippen molar-refractivity contribution in [2.75, 3.05) is 28.4 Å². The molecule has 7 heteroatoms. The van der Waals surface area contributed by atoms with Gasteiger partial charge in [-0.3, -0.25) is 4.79 Å². The molecule has 0 heterocycles. The van der Waals surface area contributed by atoms with Gasteiger partial charge in [-0.1, -0.05) is 0 Å². The van der Waals surface area contributed by atoms with E-state index in [-0.39, 0.29) is 12.2 Å². The van der Waals surface area contributed by atoms with Gasteiger partial charge in [-0.05, 0) is 36.2 Å². The Morgan fingerprint density at radius 1 is 0.889 bits per heavy atom. The third-order valence-electron chi connectivity index (χ3n) is 3.86. The third kappa shape index (κ3) is 4.82. The van der Waals surface area contributed by atoms with Crippen LogP contribution in [0, 0.1) is 11.3 Å². The number of methoxy groups -OCH3 is 4. The summed E-state index contributed by atoms with van der Waals surface area (Å²) < 4.78 is 26.4. The smallest absolute Gasteiger partial charge is 0.311 e. The van der Waals surface area contributed by atoms with Gasteiger partial charge in [0.15, 0.2) is 23.0 Å². The maximum absolute atomic E-state index is 12.2. The predicted octanol–water partition coefficient (Wildman–Crippen LogP) is 3.13. The zero-order chi connectivity index (χ0) is 19.8. The van der Waals surface area contributed by atoms with E-state index < -0.39 is 5.97 Å². The number of ether oxygens (including phenoxy) is 5. The molecule has 0 saturated heterocycles. The molecule has 0 aliphatic rings. The highest BCUT2D eigenvalue weighted by Gasteiger charge is 2.15. The molecule has 142 valence electrons. The Morgan fingerprint density at radius 2 is 1.52 bits per heavy atom. The van der Waals surface area contributed by atoms with Gasteiger partial charge in [0.05, 0.1) is 40.1 Å². The summed E-state index contributed by atoms with van der Waals surface area (Å²) in [5, 5.41) is 8.92. The van der Waals surface area contributed by atoms with Gasteiger partial charge >= 0.3 is 5.97 Å². The van der Waals surface area contributed by atoms with Crippen molar-refractivity contribution in [3.63, 3.8) is 0 Å². The van der Waals surface area contributed by atoms with Crippen molar-refractivity contribution in [1.29, 1.82) is 5.26 Å². The Morgan fingerprint density at radius 3 is 2.04 bits per heavy atom. The van der Waals surface area contributed by atoms with E-state index >= 15 is 0 Å². The number of aryl methyl sites for hydroxylation is 1. The largest absolute Gasteiger partial charge is 0.493 e. The standard InChI is InChI=1S/C20H21NO6/c1-23-16-11-14(12-21)5-7-15(16)27-19(22)8-6-13-9-17(24-2)20(26-4)18(10-13)25-3/h5,7,9-11H,6,8H2,1-4H3. The van der Waals surface area contributed by atoms with Crippen LogP contribution in [0.1, 0.15) is 17.5 Å². The SMILES string of the molecule is COc1cc(C#N)ccc1OC(=O)CCc1cc(OC)c(OC)c(OC)c1. The molecular weight excluding hydrogens is 350 g/mol. The second-order valence-corrected chi connectivity index (χ2v) is 5.49. The van der Waals surface area contributed by atoms with Crippen LogP contribution in [0.4, 0.5) is 0 Å². The lowest BCUT2D eigenvalue weighted by Crippen LogP contribution is -2.10. The summed E-state index contributed by atoms with van der Waals surface area (Å²) in [5.41, 5.74) is 1.26. The van der Waals surface area contributed by atoms with Crippen molar-refractivity contribution in [2.45, 2.75) is 12.8 Å². The van der Waals surface area contributed by atoms with Crippen LogP contribution in [0.25, 0.3) is 0 Å². The Hall–Kier alpha value is -3.40. The van der Waals surface area contributed by atoms with E-state index in [1.54, 1.807) is 18.2 Å². The maximum atomic E-state index is 12.2. The Bertz CT molecular complexity index is 831. The molecular formula is C20H21NO6. The van der Waals surface area contributed by atoms with E-state index in [0.717, 1.165) is 5.56 Å². The second kappa shape index (κ2) is 9.34. The molecule has 27 heavy (non-hydrogen) atoms. The first-order chi connectivity index (χ1) is 13.1. The van der Waals surface area contributed by atoms with Crippen LogP contribution in [-0.2, 0) is 11.2 Å². The minimum atomic E-state index is -0.424. The van der Waals surface area contributed by atoms with Crippen molar-refractivity contribution in [3.05, 3.63) is 41.5 Å². The molecule has 0 N–H and O–H groups in total.